The fourth-order valence-corrected chi connectivity index (χ4v) is 4.01. The maximum atomic E-state index is 13.3. The minimum atomic E-state index is -0.585. The van der Waals surface area contributed by atoms with Crippen LogP contribution >= 0.6 is 23.2 Å². The van der Waals surface area contributed by atoms with Gasteiger partial charge in [0.15, 0.2) is 18.2 Å². The Morgan fingerprint density at radius 2 is 1.79 bits per heavy atom. The van der Waals surface area contributed by atoms with Gasteiger partial charge in [-0.25, -0.2) is 4.39 Å². The number of ether oxygens (including phenoxy) is 1. The van der Waals surface area contributed by atoms with Crippen LogP contribution in [0.2, 0.25) is 10.0 Å². The molecule has 172 valence electrons. The monoisotopic (exact) mass is 489 g/mol. The number of carbonyl (C=O) groups is 1. The first kappa shape index (κ1) is 23.2. The number of carbonyl (C=O) groups excluding carboxylic acids is 1. The summed E-state index contributed by atoms with van der Waals surface area (Å²) >= 11 is 11.9. The molecule has 4 rings (SSSR count). The summed E-state index contributed by atoms with van der Waals surface area (Å²) in [6, 6.07) is 13.3. The summed E-state index contributed by atoms with van der Waals surface area (Å²) in [5.41, 5.74) is 2.09. The third kappa shape index (κ3) is 5.90. The van der Waals surface area contributed by atoms with Gasteiger partial charge in [-0.1, -0.05) is 35.3 Å². The zero-order valence-electron chi connectivity index (χ0n) is 17.9. The zero-order chi connectivity index (χ0) is 23.4. The van der Waals surface area contributed by atoms with Crippen LogP contribution in [0.5, 0.6) is 5.75 Å². The predicted molar refractivity (Wildman–Crippen MR) is 128 cm³/mol. The zero-order valence-corrected chi connectivity index (χ0v) is 19.4. The van der Waals surface area contributed by atoms with Crippen LogP contribution in [0, 0.1) is 5.82 Å². The topological polar surface area (TPSA) is 70.6 Å². The third-order valence-electron chi connectivity index (χ3n) is 5.23. The molecule has 0 bridgehead atoms. The van der Waals surface area contributed by atoms with Crippen molar-refractivity contribution in [2.75, 3.05) is 50.1 Å². The molecule has 2 heterocycles. The summed E-state index contributed by atoms with van der Waals surface area (Å²) < 4.78 is 18.7. The highest BCUT2D eigenvalue weighted by Crippen LogP contribution is 2.33. The molecular formula is C23H22Cl2FN5O2. The van der Waals surface area contributed by atoms with Crippen LogP contribution in [-0.4, -0.2) is 60.8 Å². The van der Waals surface area contributed by atoms with Gasteiger partial charge in [0.1, 0.15) is 5.82 Å². The van der Waals surface area contributed by atoms with Crippen LogP contribution in [0.3, 0.4) is 0 Å². The molecule has 0 atom stereocenters. The van der Waals surface area contributed by atoms with Crippen molar-refractivity contribution in [3.63, 3.8) is 0 Å². The Bertz CT molecular complexity index is 1110. The Hall–Kier alpha value is -2.94. The molecule has 1 fully saturated rings. The van der Waals surface area contributed by atoms with E-state index in [4.69, 9.17) is 27.9 Å². The van der Waals surface area contributed by atoms with Gasteiger partial charge in [0.05, 0.1) is 15.7 Å². The molecule has 0 saturated carbocycles. The maximum Gasteiger partial charge on any atom is 0.262 e. The number of nitrogens with one attached hydrogen (secondary N) is 1. The minimum absolute atomic E-state index is 0.00612. The molecule has 1 aliphatic heterocycles. The Morgan fingerprint density at radius 3 is 2.45 bits per heavy atom. The van der Waals surface area contributed by atoms with Gasteiger partial charge in [-0.3, -0.25) is 4.79 Å². The van der Waals surface area contributed by atoms with Gasteiger partial charge in [-0.15, -0.1) is 10.2 Å². The van der Waals surface area contributed by atoms with Crippen molar-refractivity contribution in [3.8, 4) is 17.0 Å². The molecule has 0 spiro atoms. The van der Waals surface area contributed by atoms with Crippen LogP contribution in [-0.2, 0) is 4.79 Å². The molecule has 1 saturated heterocycles. The van der Waals surface area contributed by atoms with Crippen LogP contribution in [0.25, 0.3) is 11.3 Å². The van der Waals surface area contributed by atoms with E-state index >= 15 is 0 Å². The van der Waals surface area contributed by atoms with E-state index in [0.29, 0.717) is 11.4 Å². The van der Waals surface area contributed by atoms with E-state index in [-0.39, 0.29) is 22.4 Å². The molecule has 1 aliphatic rings. The second-order valence-corrected chi connectivity index (χ2v) is 8.50. The molecule has 33 heavy (non-hydrogen) atoms. The van der Waals surface area contributed by atoms with E-state index in [2.05, 4.69) is 32.4 Å². The number of amides is 1. The lowest BCUT2D eigenvalue weighted by molar-refractivity contribution is -0.118. The Balaban J connectivity index is 1.38. The smallest absolute Gasteiger partial charge is 0.262 e. The van der Waals surface area contributed by atoms with E-state index in [9.17, 15) is 9.18 Å². The summed E-state index contributed by atoms with van der Waals surface area (Å²) in [5.74, 6) is -0.0932. The second-order valence-electron chi connectivity index (χ2n) is 7.68. The molecule has 0 aliphatic carbocycles. The highest BCUT2D eigenvalue weighted by atomic mass is 35.5. The molecule has 2 aromatic carbocycles. The number of nitrogens with zero attached hydrogens (tertiary/aromatic N) is 4. The third-order valence-corrected chi connectivity index (χ3v) is 5.79. The molecular weight excluding hydrogens is 468 g/mol. The lowest BCUT2D eigenvalue weighted by atomic mass is 10.1. The van der Waals surface area contributed by atoms with Crippen LogP contribution in [0.4, 0.5) is 15.9 Å². The highest BCUT2D eigenvalue weighted by Gasteiger charge is 2.16. The number of piperazine rings is 1. The second kappa shape index (κ2) is 10.3. The largest absolute Gasteiger partial charge is 0.481 e. The summed E-state index contributed by atoms with van der Waals surface area (Å²) in [7, 11) is 2.11. The van der Waals surface area contributed by atoms with Gasteiger partial charge >= 0.3 is 0 Å². The SMILES string of the molecule is CN1CCN(c2ccc(-c3cccc(NC(=O)COc4c(Cl)cc(F)cc4Cl)c3)nn2)CC1. The van der Waals surface area contributed by atoms with Crippen molar-refractivity contribution in [3.05, 3.63) is 64.4 Å². The number of benzene rings is 2. The van der Waals surface area contributed by atoms with Crippen LogP contribution < -0.4 is 15.0 Å². The first-order chi connectivity index (χ1) is 15.9. The molecule has 1 amide bonds. The average Bonchev–Trinajstić information content (AvgIpc) is 2.79. The van der Waals surface area contributed by atoms with Gasteiger partial charge in [0.25, 0.3) is 5.91 Å². The average molecular weight is 490 g/mol. The molecule has 10 heteroatoms. The standard InChI is InChI=1S/C23H22Cl2FN5O2/c1-30-7-9-31(10-8-30)21-6-5-20(28-29-21)15-3-2-4-17(11-15)27-22(32)14-33-23-18(24)12-16(26)13-19(23)25/h2-6,11-13H,7-10,14H2,1H3,(H,27,32). The van der Waals surface area contributed by atoms with E-state index in [1.165, 1.54) is 0 Å². The first-order valence-electron chi connectivity index (χ1n) is 10.3. The molecule has 0 unspecified atom stereocenters. The molecule has 0 radical (unpaired) electrons. The van der Waals surface area contributed by atoms with Gasteiger partial charge in [-0.2, -0.15) is 0 Å². The number of aromatic nitrogens is 2. The number of hydrogen-bond donors (Lipinski definition) is 1. The molecule has 1 N–H and O–H groups in total. The van der Waals surface area contributed by atoms with E-state index < -0.39 is 11.7 Å². The Kier molecular flexibility index (Phi) is 7.27. The fourth-order valence-electron chi connectivity index (χ4n) is 3.44. The Labute approximate surface area is 201 Å². The summed E-state index contributed by atoms with van der Waals surface area (Å²) in [5, 5.41) is 11.5. The maximum absolute atomic E-state index is 13.3. The number of likely N-dealkylation sites (N-methyl/N-ethyl adjacent to an activating group) is 1. The van der Waals surface area contributed by atoms with Crippen molar-refractivity contribution < 1.29 is 13.9 Å². The van der Waals surface area contributed by atoms with Crippen molar-refractivity contribution in [2.24, 2.45) is 0 Å². The highest BCUT2D eigenvalue weighted by molar-refractivity contribution is 6.37. The van der Waals surface area contributed by atoms with Gasteiger partial charge < -0.3 is 19.9 Å². The van der Waals surface area contributed by atoms with Gasteiger partial charge in [-0.05, 0) is 43.4 Å². The summed E-state index contributed by atoms with van der Waals surface area (Å²) in [4.78, 5) is 16.8. The first-order valence-corrected chi connectivity index (χ1v) is 11.1. The minimum Gasteiger partial charge on any atom is -0.481 e. The van der Waals surface area contributed by atoms with Gasteiger partial charge in [0.2, 0.25) is 0 Å². The molecule has 1 aromatic heterocycles. The van der Waals surface area contributed by atoms with Crippen LogP contribution in [0.15, 0.2) is 48.5 Å². The predicted octanol–water partition coefficient (Wildman–Crippen LogP) is 4.36. The van der Waals surface area contributed by atoms with Gasteiger partial charge in [0, 0.05) is 37.4 Å². The van der Waals surface area contributed by atoms with Crippen LogP contribution in [0.1, 0.15) is 0 Å². The molecule has 3 aromatic rings. The lowest BCUT2D eigenvalue weighted by Gasteiger charge is -2.32. The fraction of sp³-hybridized carbons (Fsp3) is 0.261. The summed E-state index contributed by atoms with van der Waals surface area (Å²) in [6.45, 7) is 3.49. The molecule has 7 nitrogen and oxygen atoms in total. The quantitative estimate of drug-likeness (QED) is 0.554. The van der Waals surface area contributed by atoms with Crippen molar-refractivity contribution in [1.82, 2.24) is 15.1 Å². The van der Waals surface area contributed by atoms with E-state index in [0.717, 1.165) is 49.7 Å². The van der Waals surface area contributed by atoms with E-state index in [1.807, 2.05) is 24.3 Å². The number of anilines is 2. The lowest BCUT2D eigenvalue weighted by Crippen LogP contribution is -2.44. The van der Waals surface area contributed by atoms with E-state index in [1.54, 1.807) is 12.1 Å². The summed E-state index contributed by atoms with van der Waals surface area (Å²) in [6.07, 6.45) is 0. The Morgan fingerprint density at radius 1 is 1.06 bits per heavy atom. The number of hydrogen-bond acceptors (Lipinski definition) is 6. The number of rotatable bonds is 6. The van der Waals surface area contributed by atoms with Crippen molar-refractivity contribution in [2.45, 2.75) is 0 Å². The normalized spacial score (nSPS) is 14.2. The number of halogens is 3. The van der Waals surface area contributed by atoms with Crippen molar-refractivity contribution >= 4 is 40.6 Å². The van der Waals surface area contributed by atoms with Crippen molar-refractivity contribution in [1.29, 1.82) is 0 Å².